The van der Waals surface area contributed by atoms with Crippen LogP contribution in [0.5, 0.6) is 5.75 Å². The van der Waals surface area contributed by atoms with Gasteiger partial charge in [-0.05, 0) is 30.2 Å². The number of aliphatic carboxylic acids is 1. The summed E-state index contributed by atoms with van der Waals surface area (Å²) in [5.41, 5.74) is 0.880. The van der Waals surface area contributed by atoms with Gasteiger partial charge in [-0.2, -0.15) is 0 Å². The van der Waals surface area contributed by atoms with Crippen molar-refractivity contribution in [1.29, 1.82) is 0 Å². The number of carbonyl (C=O) groups is 1. The van der Waals surface area contributed by atoms with E-state index in [0.29, 0.717) is 0 Å². The van der Waals surface area contributed by atoms with Crippen LogP contribution in [0.2, 0.25) is 0 Å². The molecule has 0 aliphatic rings. The number of benzene rings is 1. The Morgan fingerprint density at radius 3 is 2.29 bits per heavy atom. The molecule has 0 aliphatic heterocycles. The molecule has 0 amide bonds. The van der Waals surface area contributed by atoms with Gasteiger partial charge in [0, 0.05) is 0 Å². The summed E-state index contributed by atoms with van der Waals surface area (Å²) in [7, 11) is 0. The normalized spacial score (nSPS) is 10.5. The third-order valence-corrected chi connectivity index (χ3v) is 1.60. The molecule has 0 heterocycles. The van der Waals surface area contributed by atoms with Gasteiger partial charge in [-0.25, -0.2) is 0 Å². The Hall–Kier alpha value is -0.134. The summed E-state index contributed by atoms with van der Waals surface area (Å²) < 4.78 is 0. The molecule has 0 radical (unpaired) electrons. The van der Waals surface area contributed by atoms with Gasteiger partial charge in [0.2, 0.25) is 0 Å². The fourth-order valence-electron chi connectivity index (χ4n) is 0.879. The summed E-state index contributed by atoms with van der Waals surface area (Å²) in [6.07, 6.45) is 1.48. The molecular formula is C10H9KO3. The van der Waals surface area contributed by atoms with Crippen LogP contribution in [-0.4, -0.2) is 11.1 Å². The molecule has 1 rings (SSSR count). The number of rotatable bonds is 2. The Bertz CT molecular complexity index is 341. The molecule has 1 aromatic carbocycles. The van der Waals surface area contributed by atoms with Crippen LogP contribution in [0.15, 0.2) is 29.8 Å². The van der Waals surface area contributed by atoms with Crippen molar-refractivity contribution in [3.63, 3.8) is 0 Å². The van der Waals surface area contributed by atoms with Crippen molar-refractivity contribution >= 4 is 12.0 Å². The number of carbonyl (C=O) groups excluding carboxylic acids is 1. The van der Waals surface area contributed by atoms with Crippen LogP contribution in [0.25, 0.3) is 6.08 Å². The topological polar surface area (TPSA) is 60.4 Å². The second kappa shape index (κ2) is 6.37. The van der Waals surface area contributed by atoms with Crippen molar-refractivity contribution < 1.29 is 66.4 Å². The largest absolute Gasteiger partial charge is 1.00 e. The van der Waals surface area contributed by atoms with Crippen molar-refractivity contribution in [1.82, 2.24) is 0 Å². The van der Waals surface area contributed by atoms with Crippen molar-refractivity contribution in [3.05, 3.63) is 35.4 Å². The van der Waals surface area contributed by atoms with Crippen LogP contribution in [0.4, 0.5) is 0 Å². The molecule has 0 aromatic heterocycles. The molecule has 0 saturated heterocycles. The van der Waals surface area contributed by atoms with E-state index >= 15 is 0 Å². The fraction of sp³-hybridized carbons (Fsp3) is 0.100. The molecule has 0 aliphatic carbocycles. The first kappa shape index (κ1) is 13.9. The molecule has 0 fully saturated rings. The van der Waals surface area contributed by atoms with Gasteiger partial charge < -0.3 is 15.0 Å². The number of phenols is 1. The minimum atomic E-state index is -1.19. The van der Waals surface area contributed by atoms with E-state index in [-0.39, 0.29) is 62.7 Å². The smallest absolute Gasteiger partial charge is 0.545 e. The molecule has 0 spiro atoms. The van der Waals surface area contributed by atoms with E-state index < -0.39 is 5.97 Å². The fourth-order valence-corrected chi connectivity index (χ4v) is 0.879. The summed E-state index contributed by atoms with van der Waals surface area (Å²) in [6.45, 7) is 1.46. The molecule has 4 heteroatoms. The number of carboxylic acids is 1. The third kappa shape index (κ3) is 4.39. The van der Waals surface area contributed by atoms with Crippen LogP contribution in [0.3, 0.4) is 0 Å². The van der Waals surface area contributed by atoms with E-state index in [9.17, 15) is 9.90 Å². The Kier molecular flexibility index (Phi) is 6.31. The predicted octanol–water partition coefficient (Wildman–Crippen LogP) is -2.45. The van der Waals surface area contributed by atoms with E-state index in [1.54, 1.807) is 12.1 Å². The Labute approximate surface area is 125 Å². The third-order valence-electron chi connectivity index (χ3n) is 1.60. The van der Waals surface area contributed by atoms with Gasteiger partial charge >= 0.3 is 51.4 Å². The van der Waals surface area contributed by atoms with Gasteiger partial charge in [-0.1, -0.05) is 18.2 Å². The maximum Gasteiger partial charge on any atom is 1.00 e. The summed E-state index contributed by atoms with van der Waals surface area (Å²) in [5.74, 6) is -1.03. The van der Waals surface area contributed by atoms with Crippen molar-refractivity contribution in [2.24, 2.45) is 0 Å². The molecule has 0 saturated carbocycles. The summed E-state index contributed by atoms with van der Waals surface area (Å²) in [5, 5.41) is 19.3. The van der Waals surface area contributed by atoms with E-state index in [1.165, 1.54) is 25.1 Å². The van der Waals surface area contributed by atoms with Crippen molar-refractivity contribution in [3.8, 4) is 5.75 Å². The molecule has 3 nitrogen and oxygen atoms in total. The number of phenolic OH excluding ortho intramolecular Hbond substituents is 1. The summed E-state index contributed by atoms with van der Waals surface area (Å²) in [6, 6.07) is 6.24. The van der Waals surface area contributed by atoms with Crippen molar-refractivity contribution in [2.45, 2.75) is 6.92 Å². The number of hydrogen-bond acceptors (Lipinski definition) is 3. The van der Waals surface area contributed by atoms with Crippen molar-refractivity contribution in [2.75, 3.05) is 0 Å². The van der Waals surface area contributed by atoms with Crippen LogP contribution in [-0.2, 0) is 4.79 Å². The van der Waals surface area contributed by atoms with Gasteiger partial charge in [0.05, 0.1) is 5.97 Å². The SMILES string of the molecule is CC(=Cc1ccc(O)cc1)C(=O)[O-].[K+]. The molecular weight excluding hydrogens is 207 g/mol. The summed E-state index contributed by atoms with van der Waals surface area (Å²) >= 11 is 0. The second-order valence-electron chi connectivity index (χ2n) is 2.71. The van der Waals surface area contributed by atoms with Gasteiger partial charge in [0.15, 0.2) is 0 Å². The minimum absolute atomic E-state index is 0. The minimum Gasteiger partial charge on any atom is -0.545 e. The van der Waals surface area contributed by atoms with E-state index in [4.69, 9.17) is 5.11 Å². The van der Waals surface area contributed by atoms with Gasteiger partial charge in [0.1, 0.15) is 5.75 Å². The summed E-state index contributed by atoms with van der Waals surface area (Å²) in [4.78, 5) is 10.3. The standard InChI is InChI=1S/C10H10O3.K/c1-7(10(12)13)6-8-2-4-9(11)5-3-8;/h2-6,11H,1H3,(H,12,13);/q;+1/p-1. The predicted molar refractivity (Wildman–Crippen MR) is 46.8 cm³/mol. The molecule has 0 bridgehead atoms. The van der Waals surface area contributed by atoms with Crippen LogP contribution in [0, 0.1) is 0 Å². The van der Waals surface area contributed by atoms with Gasteiger partial charge in [0.25, 0.3) is 0 Å². The molecule has 0 atom stereocenters. The Morgan fingerprint density at radius 1 is 1.36 bits per heavy atom. The number of aromatic hydroxyl groups is 1. The van der Waals surface area contributed by atoms with E-state index in [1.807, 2.05) is 0 Å². The van der Waals surface area contributed by atoms with E-state index in [2.05, 4.69) is 0 Å². The first-order chi connectivity index (χ1) is 6.09. The maximum absolute atomic E-state index is 10.3. The van der Waals surface area contributed by atoms with Crippen LogP contribution in [0.1, 0.15) is 12.5 Å². The Balaban J connectivity index is 0.00000169. The number of hydrogen-bond donors (Lipinski definition) is 1. The molecule has 0 unspecified atom stereocenters. The first-order valence-electron chi connectivity index (χ1n) is 3.78. The average molecular weight is 216 g/mol. The van der Waals surface area contributed by atoms with Crippen LogP contribution < -0.4 is 56.5 Å². The van der Waals surface area contributed by atoms with E-state index in [0.717, 1.165) is 5.56 Å². The van der Waals surface area contributed by atoms with Gasteiger partial charge in [-0.3, -0.25) is 0 Å². The maximum atomic E-state index is 10.3. The average Bonchev–Trinajstić information content (AvgIpc) is 2.08. The van der Waals surface area contributed by atoms with Crippen LogP contribution >= 0.6 is 0 Å². The Morgan fingerprint density at radius 2 is 1.86 bits per heavy atom. The molecule has 68 valence electrons. The molecule has 1 aromatic rings. The monoisotopic (exact) mass is 216 g/mol. The molecule has 14 heavy (non-hydrogen) atoms. The van der Waals surface area contributed by atoms with Gasteiger partial charge in [-0.15, -0.1) is 0 Å². The zero-order chi connectivity index (χ0) is 9.84. The zero-order valence-corrected chi connectivity index (χ0v) is 11.3. The molecule has 1 N–H and O–H groups in total. The second-order valence-corrected chi connectivity index (χ2v) is 2.71. The zero-order valence-electron chi connectivity index (χ0n) is 8.15. The first-order valence-corrected chi connectivity index (χ1v) is 3.78. The quantitative estimate of drug-likeness (QED) is 0.441. The number of carboxylic acid groups (broad SMARTS) is 1.